The minimum Gasteiger partial charge on any atom is -0.340 e. The Bertz CT molecular complexity index is 620. The largest absolute Gasteiger partial charge is 0.340 e. The number of aromatic amines is 1. The molecule has 6 nitrogen and oxygen atoms in total. The Hall–Kier alpha value is -2.21. The van der Waals surface area contributed by atoms with Gasteiger partial charge in [-0.15, -0.1) is 5.10 Å². The van der Waals surface area contributed by atoms with Gasteiger partial charge in [-0.1, -0.05) is 17.3 Å². The van der Waals surface area contributed by atoms with Crippen molar-refractivity contribution in [1.29, 1.82) is 0 Å². The molecule has 0 fully saturated rings. The normalized spacial score (nSPS) is 11.2. The van der Waals surface area contributed by atoms with Crippen LogP contribution >= 0.6 is 0 Å². The Kier molecular flexibility index (Phi) is 2.77. The lowest BCUT2D eigenvalue weighted by molar-refractivity contribution is 0.630. The third-order valence-corrected chi connectivity index (χ3v) is 2.74. The SMILES string of the molecule is NCCc1cn(Cc2nc3ccccc3[nH]2)nn1. The molecule has 0 saturated heterocycles. The summed E-state index contributed by atoms with van der Waals surface area (Å²) in [5.41, 5.74) is 8.39. The fourth-order valence-electron chi connectivity index (χ4n) is 1.91. The maximum atomic E-state index is 5.48. The molecule has 0 aliphatic rings. The highest BCUT2D eigenvalue weighted by molar-refractivity contribution is 5.74. The van der Waals surface area contributed by atoms with Crippen molar-refractivity contribution in [3.8, 4) is 0 Å². The van der Waals surface area contributed by atoms with Crippen LogP contribution in [0.1, 0.15) is 11.5 Å². The maximum Gasteiger partial charge on any atom is 0.129 e. The van der Waals surface area contributed by atoms with E-state index in [1.165, 1.54) is 0 Å². The van der Waals surface area contributed by atoms with Gasteiger partial charge < -0.3 is 10.7 Å². The highest BCUT2D eigenvalue weighted by Crippen LogP contribution is 2.10. The van der Waals surface area contributed by atoms with Crippen molar-refractivity contribution < 1.29 is 0 Å². The van der Waals surface area contributed by atoms with Gasteiger partial charge in [-0.3, -0.25) is 0 Å². The second-order valence-corrected chi connectivity index (χ2v) is 4.15. The number of nitrogens with one attached hydrogen (secondary N) is 1. The topological polar surface area (TPSA) is 85.4 Å². The molecule has 0 amide bonds. The summed E-state index contributed by atoms with van der Waals surface area (Å²) in [6.07, 6.45) is 2.65. The first-order valence-corrected chi connectivity index (χ1v) is 5.88. The Morgan fingerprint density at radius 1 is 1.28 bits per heavy atom. The first-order chi connectivity index (χ1) is 8.85. The molecule has 0 radical (unpaired) electrons. The summed E-state index contributed by atoms with van der Waals surface area (Å²) < 4.78 is 1.77. The number of nitrogens with zero attached hydrogens (tertiary/aromatic N) is 4. The van der Waals surface area contributed by atoms with E-state index in [9.17, 15) is 0 Å². The lowest BCUT2D eigenvalue weighted by Gasteiger charge is -1.94. The number of benzene rings is 1. The number of imidazole rings is 1. The number of hydrogen-bond donors (Lipinski definition) is 2. The molecule has 2 aromatic heterocycles. The summed E-state index contributed by atoms with van der Waals surface area (Å²) in [5.74, 6) is 0.875. The molecular formula is C12H14N6. The molecule has 3 N–H and O–H groups in total. The van der Waals surface area contributed by atoms with Crippen molar-refractivity contribution >= 4 is 11.0 Å². The average molecular weight is 242 g/mol. The van der Waals surface area contributed by atoms with E-state index in [1.807, 2.05) is 30.5 Å². The van der Waals surface area contributed by atoms with Crippen LogP contribution in [0.3, 0.4) is 0 Å². The van der Waals surface area contributed by atoms with Crippen molar-refractivity contribution in [1.82, 2.24) is 25.0 Å². The zero-order chi connectivity index (χ0) is 12.4. The molecule has 0 aliphatic heterocycles. The van der Waals surface area contributed by atoms with Crippen molar-refractivity contribution in [2.45, 2.75) is 13.0 Å². The molecule has 0 bridgehead atoms. The van der Waals surface area contributed by atoms with Crippen LogP contribution in [-0.2, 0) is 13.0 Å². The average Bonchev–Trinajstić information content (AvgIpc) is 2.96. The predicted molar refractivity (Wildman–Crippen MR) is 68.0 cm³/mol. The van der Waals surface area contributed by atoms with Crippen LogP contribution in [0, 0.1) is 0 Å². The Balaban J connectivity index is 1.82. The number of aromatic nitrogens is 5. The van der Waals surface area contributed by atoms with E-state index in [0.29, 0.717) is 13.1 Å². The van der Waals surface area contributed by atoms with Gasteiger partial charge in [0.25, 0.3) is 0 Å². The first kappa shape index (κ1) is 10.9. The van der Waals surface area contributed by atoms with Gasteiger partial charge in [0, 0.05) is 12.6 Å². The van der Waals surface area contributed by atoms with E-state index in [1.54, 1.807) is 4.68 Å². The zero-order valence-electron chi connectivity index (χ0n) is 9.87. The molecule has 0 atom stereocenters. The Morgan fingerprint density at radius 3 is 3.00 bits per heavy atom. The molecule has 0 aliphatic carbocycles. The van der Waals surface area contributed by atoms with Crippen molar-refractivity contribution in [2.24, 2.45) is 5.73 Å². The summed E-state index contributed by atoms with van der Waals surface area (Å²) in [6, 6.07) is 7.95. The number of fused-ring (bicyclic) bond motifs is 1. The molecule has 3 aromatic rings. The molecule has 18 heavy (non-hydrogen) atoms. The summed E-state index contributed by atoms with van der Waals surface area (Å²) in [5, 5.41) is 8.10. The molecule has 1 aromatic carbocycles. The second kappa shape index (κ2) is 4.58. The van der Waals surface area contributed by atoms with E-state index in [0.717, 1.165) is 29.0 Å². The number of rotatable bonds is 4. The minimum atomic E-state index is 0.587. The highest BCUT2D eigenvalue weighted by atomic mass is 15.4. The quantitative estimate of drug-likeness (QED) is 0.705. The molecule has 6 heteroatoms. The smallest absolute Gasteiger partial charge is 0.129 e. The van der Waals surface area contributed by atoms with E-state index in [-0.39, 0.29) is 0 Å². The number of hydrogen-bond acceptors (Lipinski definition) is 4. The van der Waals surface area contributed by atoms with E-state index < -0.39 is 0 Å². The van der Waals surface area contributed by atoms with Gasteiger partial charge in [0.1, 0.15) is 12.4 Å². The first-order valence-electron chi connectivity index (χ1n) is 5.88. The Morgan fingerprint density at radius 2 is 2.17 bits per heavy atom. The van der Waals surface area contributed by atoms with Crippen LogP contribution in [0.2, 0.25) is 0 Å². The second-order valence-electron chi connectivity index (χ2n) is 4.15. The molecule has 92 valence electrons. The fraction of sp³-hybridized carbons (Fsp3) is 0.250. The third-order valence-electron chi connectivity index (χ3n) is 2.74. The lowest BCUT2D eigenvalue weighted by atomic mass is 10.3. The predicted octanol–water partition coefficient (Wildman–Crippen LogP) is 0.704. The molecule has 0 spiro atoms. The number of nitrogens with two attached hydrogens (primary N) is 1. The van der Waals surface area contributed by atoms with E-state index >= 15 is 0 Å². The number of H-pyrrole nitrogens is 1. The van der Waals surface area contributed by atoms with Crippen LogP contribution in [-0.4, -0.2) is 31.5 Å². The van der Waals surface area contributed by atoms with Gasteiger partial charge in [-0.05, 0) is 18.7 Å². The van der Waals surface area contributed by atoms with Crippen molar-refractivity contribution in [2.75, 3.05) is 6.54 Å². The molecule has 2 heterocycles. The summed E-state index contributed by atoms with van der Waals surface area (Å²) in [4.78, 5) is 7.76. The highest BCUT2D eigenvalue weighted by Gasteiger charge is 2.05. The van der Waals surface area contributed by atoms with Crippen LogP contribution in [0.4, 0.5) is 0 Å². The fourth-order valence-corrected chi connectivity index (χ4v) is 1.91. The molecule has 3 rings (SSSR count). The van der Waals surface area contributed by atoms with Gasteiger partial charge in [0.15, 0.2) is 0 Å². The molecule has 0 saturated carbocycles. The van der Waals surface area contributed by atoms with Crippen LogP contribution in [0.5, 0.6) is 0 Å². The van der Waals surface area contributed by atoms with Gasteiger partial charge in [-0.25, -0.2) is 9.67 Å². The Labute approximate surface area is 104 Å². The van der Waals surface area contributed by atoms with Crippen LogP contribution in [0.25, 0.3) is 11.0 Å². The van der Waals surface area contributed by atoms with E-state index in [4.69, 9.17) is 5.73 Å². The summed E-state index contributed by atoms with van der Waals surface area (Å²) in [7, 11) is 0. The third kappa shape index (κ3) is 2.10. The van der Waals surface area contributed by atoms with Crippen LogP contribution in [0.15, 0.2) is 30.5 Å². The lowest BCUT2D eigenvalue weighted by Crippen LogP contribution is -2.03. The summed E-state index contributed by atoms with van der Waals surface area (Å²) >= 11 is 0. The standard InChI is InChI=1S/C12H14N6/c13-6-5-9-7-18(17-16-9)8-12-14-10-3-1-2-4-11(10)15-12/h1-4,7H,5-6,8,13H2,(H,14,15). The van der Waals surface area contributed by atoms with E-state index in [2.05, 4.69) is 20.3 Å². The summed E-state index contributed by atoms with van der Waals surface area (Å²) in [6.45, 7) is 1.18. The molecular weight excluding hydrogens is 228 g/mol. The van der Waals surface area contributed by atoms with Crippen molar-refractivity contribution in [3.63, 3.8) is 0 Å². The minimum absolute atomic E-state index is 0.587. The van der Waals surface area contributed by atoms with Gasteiger partial charge >= 0.3 is 0 Å². The van der Waals surface area contributed by atoms with Gasteiger partial charge in [-0.2, -0.15) is 0 Å². The van der Waals surface area contributed by atoms with Crippen LogP contribution < -0.4 is 5.73 Å². The van der Waals surface area contributed by atoms with Gasteiger partial charge in [0.2, 0.25) is 0 Å². The maximum absolute atomic E-state index is 5.48. The monoisotopic (exact) mass is 242 g/mol. The number of para-hydroxylation sites is 2. The van der Waals surface area contributed by atoms with Gasteiger partial charge in [0.05, 0.1) is 16.7 Å². The van der Waals surface area contributed by atoms with Crippen molar-refractivity contribution in [3.05, 3.63) is 42.0 Å². The molecule has 0 unspecified atom stereocenters. The zero-order valence-corrected chi connectivity index (χ0v) is 9.87.